The fourth-order valence-corrected chi connectivity index (χ4v) is 3.83. The molecule has 2 N–H and O–H groups in total. The van der Waals surface area contributed by atoms with Crippen LogP contribution in [0.1, 0.15) is 26.2 Å². The monoisotopic (exact) mass is 375 g/mol. The Morgan fingerprint density at radius 3 is 2.67 bits per heavy atom. The molecule has 1 aromatic rings. The molecule has 2 aliphatic rings. The molecule has 2 aliphatic heterocycles. The number of likely N-dealkylation sites (tertiary alicyclic amines) is 1. The summed E-state index contributed by atoms with van der Waals surface area (Å²) in [6.45, 7) is 11.0. The molecule has 0 aliphatic carbocycles. The Labute approximate surface area is 162 Å². The van der Waals surface area contributed by atoms with Crippen LogP contribution in [0.4, 0.5) is 10.7 Å². The number of hydrogen-bond donors (Lipinski definition) is 2. The Hall–Kier alpha value is -1.93. The van der Waals surface area contributed by atoms with Gasteiger partial charge < -0.3 is 20.4 Å². The van der Waals surface area contributed by atoms with Crippen molar-refractivity contribution >= 4 is 12.0 Å². The highest BCUT2D eigenvalue weighted by Gasteiger charge is 2.20. The summed E-state index contributed by atoms with van der Waals surface area (Å²) in [5.41, 5.74) is 0. The zero-order valence-corrected chi connectivity index (χ0v) is 16.4. The highest BCUT2D eigenvalue weighted by atomic mass is 16.2. The summed E-state index contributed by atoms with van der Waals surface area (Å²) < 4.78 is 0. The molecule has 27 heavy (non-hydrogen) atoms. The van der Waals surface area contributed by atoms with E-state index in [1.165, 1.54) is 6.42 Å². The average molecular weight is 376 g/mol. The Bertz CT molecular complexity index is 562. The van der Waals surface area contributed by atoms with Crippen molar-refractivity contribution in [1.29, 1.82) is 0 Å². The number of piperidine rings is 1. The van der Waals surface area contributed by atoms with Gasteiger partial charge in [-0.1, -0.05) is 6.92 Å². The van der Waals surface area contributed by atoms with Gasteiger partial charge in [-0.05, 0) is 45.0 Å². The predicted octanol–water partition coefficient (Wildman–Crippen LogP) is 0.772. The maximum Gasteiger partial charge on any atom is 0.315 e. The molecule has 1 unspecified atom stereocenters. The highest BCUT2D eigenvalue weighted by molar-refractivity contribution is 5.74. The molecule has 1 aromatic heterocycles. The molecule has 2 fully saturated rings. The number of rotatable bonds is 7. The number of nitrogens with zero attached hydrogens (tertiary/aromatic N) is 5. The third-order valence-corrected chi connectivity index (χ3v) is 5.43. The lowest BCUT2D eigenvalue weighted by Gasteiger charge is -2.34. The number of urea groups is 1. The maximum absolute atomic E-state index is 12.1. The lowest BCUT2D eigenvalue weighted by Crippen LogP contribution is -2.51. The number of likely N-dealkylation sites (N-methyl/N-ethyl adjacent to an activating group) is 1. The topological polar surface area (TPSA) is 76.6 Å². The Kier molecular flexibility index (Phi) is 7.65. The number of aromatic nitrogens is 2. The van der Waals surface area contributed by atoms with Crippen LogP contribution in [0.25, 0.3) is 0 Å². The summed E-state index contributed by atoms with van der Waals surface area (Å²) >= 11 is 0. The van der Waals surface area contributed by atoms with Gasteiger partial charge in [0.25, 0.3) is 0 Å². The van der Waals surface area contributed by atoms with Gasteiger partial charge >= 0.3 is 6.03 Å². The second kappa shape index (κ2) is 10.4. The third-order valence-electron chi connectivity index (χ3n) is 5.43. The summed E-state index contributed by atoms with van der Waals surface area (Å²) in [5, 5.41) is 6.13. The van der Waals surface area contributed by atoms with Gasteiger partial charge in [0.15, 0.2) is 0 Å². The van der Waals surface area contributed by atoms with Gasteiger partial charge in [-0.2, -0.15) is 0 Å². The highest BCUT2D eigenvalue weighted by Crippen LogP contribution is 2.10. The predicted molar refractivity (Wildman–Crippen MR) is 107 cm³/mol. The molecule has 2 amide bonds. The lowest BCUT2D eigenvalue weighted by atomic mass is 10.1. The first kappa shape index (κ1) is 19.8. The molecule has 0 bridgehead atoms. The first-order valence-corrected chi connectivity index (χ1v) is 10.3. The van der Waals surface area contributed by atoms with Crippen LogP contribution in [0.5, 0.6) is 0 Å². The number of nitrogens with one attached hydrogen (secondary N) is 2. The van der Waals surface area contributed by atoms with E-state index in [1.807, 2.05) is 6.07 Å². The van der Waals surface area contributed by atoms with Crippen LogP contribution in [0.2, 0.25) is 0 Å². The Morgan fingerprint density at radius 1 is 1.15 bits per heavy atom. The van der Waals surface area contributed by atoms with Crippen molar-refractivity contribution in [2.75, 3.05) is 63.8 Å². The van der Waals surface area contributed by atoms with Crippen molar-refractivity contribution < 1.29 is 4.79 Å². The summed E-state index contributed by atoms with van der Waals surface area (Å²) in [4.78, 5) is 27.8. The van der Waals surface area contributed by atoms with Crippen LogP contribution in [0, 0.1) is 0 Å². The van der Waals surface area contributed by atoms with Crippen LogP contribution >= 0.6 is 0 Å². The molecule has 2 saturated heterocycles. The molecular weight excluding hydrogens is 342 g/mol. The minimum absolute atomic E-state index is 0.0241. The number of anilines is 1. The van der Waals surface area contributed by atoms with Crippen molar-refractivity contribution in [2.24, 2.45) is 0 Å². The SMILES string of the molecule is CCN1CCCC(NC(=O)NCCCN2CCN(c3ncccn3)CC2)C1. The normalized spacial score (nSPS) is 21.8. The van der Waals surface area contributed by atoms with Gasteiger partial charge in [0.05, 0.1) is 0 Å². The van der Waals surface area contributed by atoms with E-state index in [-0.39, 0.29) is 12.1 Å². The van der Waals surface area contributed by atoms with E-state index in [4.69, 9.17) is 0 Å². The van der Waals surface area contributed by atoms with Gasteiger partial charge in [-0.25, -0.2) is 14.8 Å². The summed E-state index contributed by atoms with van der Waals surface area (Å²) in [6, 6.07) is 2.10. The van der Waals surface area contributed by atoms with Crippen LogP contribution < -0.4 is 15.5 Å². The number of carbonyl (C=O) groups excluding carboxylic acids is 1. The van der Waals surface area contributed by atoms with Crippen molar-refractivity contribution in [3.63, 3.8) is 0 Å². The van der Waals surface area contributed by atoms with Crippen molar-refractivity contribution in [1.82, 2.24) is 30.4 Å². The van der Waals surface area contributed by atoms with Gasteiger partial charge in [0, 0.05) is 57.7 Å². The largest absolute Gasteiger partial charge is 0.338 e. The molecule has 8 heteroatoms. The number of amides is 2. The average Bonchev–Trinajstić information content (AvgIpc) is 2.72. The third kappa shape index (κ3) is 6.32. The molecule has 150 valence electrons. The first-order valence-electron chi connectivity index (χ1n) is 10.3. The van der Waals surface area contributed by atoms with E-state index in [2.05, 4.69) is 42.2 Å². The summed E-state index contributed by atoms with van der Waals surface area (Å²) in [7, 11) is 0. The zero-order chi connectivity index (χ0) is 18.9. The molecular formula is C19H33N7O. The smallest absolute Gasteiger partial charge is 0.315 e. The van der Waals surface area contributed by atoms with E-state index >= 15 is 0 Å². The molecule has 1 atom stereocenters. The quantitative estimate of drug-likeness (QED) is 0.686. The van der Waals surface area contributed by atoms with Crippen LogP contribution in [0.3, 0.4) is 0 Å². The van der Waals surface area contributed by atoms with E-state index in [0.717, 1.165) is 77.7 Å². The molecule has 8 nitrogen and oxygen atoms in total. The fourth-order valence-electron chi connectivity index (χ4n) is 3.83. The van der Waals surface area contributed by atoms with Gasteiger partial charge in [-0.15, -0.1) is 0 Å². The standard InChI is InChI=1S/C19H33N7O/c1-2-24-10-3-6-17(16-24)23-19(27)22-9-5-11-25-12-14-26(15-13-25)18-20-7-4-8-21-18/h4,7-8,17H,2-3,5-6,9-16H2,1H3,(H2,22,23,27). The second-order valence-corrected chi connectivity index (χ2v) is 7.36. The molecule has 3 heterocycles. The van der Waals surface area contributed by atoms with Gasteiger partial charge in [-0.3, -0.25) is 4.90 Å². The molecule has 3 rings (SSSR count). The maximum atomic E-state index is 12.1. The van der Waals surface area contributed by atoms with Crippen LogP contribution in [0.15, 0.2) is 18.5 Å². The zero-order valence-electron chi connectivity index (χ0n) is 16.4. The summed E-state index contributed by atoms with van der Waals surface area (Å²) in [6.07, 6.45) is 6.80. The fraction of sp³-hybridized carbons (Fsp3) is 0.737. The van der Waals surface area contributed by atoms with Crippen molar-refractivity contribution in [3.8, 4) is 0 Å². The van der Waals surface area contributed by atoms with E-state index in [1.54, 1.807) is 12.4 Å². The number of piperazine rings is 1. The van der Waals surface area contributed by atoms with E-state index in [9.17, 15) is 4.79 Å². The van der Waals surface area contributed by atoms with E-state index in [0.29, 0.717) is 0 Å². The minimum Gasteiger partial charge on any atom is -0.338 e. The molecule has 0 aromatic carbocycles. The van der Waals surface area contributed by atoms with Crippen molar-refractivity contribution in [3.05, 3.63) is 18.5 Å². The van der Waals surface area contributed by atoms with Gasteiger partial charge in [0.2, 0.25) is 5.95 Å². The Balaban J connectivity index is 1.26. The first-order chi connectivity index (χ1) is 13.2. The van der Waals surface area contributed by atoms with Gasteiger partial charge in [0.1, 0.15) is 0 Å². The number of carbonyl (C=O) groups is 1. The molecule has 0 saturated carbocycles. The lowest BCUT2D eigenvalue weighted by molar-refractivity contribution is 0.192. The minimum atomic E-state index is -0.0241. The van der Waals surface area contributed by atoms with Crippen molar-refractivity contribution in [2.45, 2.75) is 32.2 Å². The van der Waals surface area contributed by atoms with Crippen LogP contribution in [-0.2, 0) is 0 Å². The second-order valence-electron chi connectivity index (χ2n) is 7.36. The molecule has 0 spiro atoms. The Morgan fingerprint density at radius 2 is 1.93 bits per heavy atom. The summed E-state index contributed by atoms with van der Waals surface area (Å²) in [5.74, 6) is 0.819. The van der Waals surface area contributed by atoms with E-state index < -0.39 is 0 Å². The molecule has 0 radical (unpaired) electrons. The van der Waals surface area contributed by atoms with Crippen LogP contribution in [-0.4, -0.2) is 90.7 Å². The number of hydrogen-bond acceptors (Lipinski definition) is 6.